The van der Waals surface area contributed by atoms with E-state index in [1.54, 1.807) is 0 Å². The van der Waals surface area contributed by atoms with E-state index in [0.29, 0.717) is 0 Å². The summed E-state index contributed by atoms with van der Waals surface area (Å²) >= 11 is 3.45. The van der Waals surface area contributed by atoms with Crippen LogP contribution in [-0.2, 0) is 0 Å². The van der Waals surface area contributed by atoms with Gasteiger partial charge in [-0.05, 0) is 30.5 Å². The van der Waals surface area contributed by atoms with Crippen LogP contribution in [0, 0.1) is 6.92 Å². The average Bonchev–Trinajstić information content (AvgIpc) is 2.10. The Morgan fingerprint density at radius 2 is 2.15 bits per heavy atom. The second-order valence-electron chi connectivity index (χ2n) is 3.31. The Bertz CT molecular complexity index is 283. The first kappa shape index (κ1) is 10.7. The number of hydrogen-bond donors (Lipinski definition) is 1. The molecule has 1 rings (SSSR count). The molecule has 1 aromatic rings. The van der Waals surface area contributed by atoms with Crippen LogP contribution >= 0.6 is 15.9 Å². The van der Waals surface area contributed by atoms with E-state index in [2.05, 4.69) is 22.9 Å². The van der Waals surface area contributed by atoms with Gasteiger partial charge in [-0.15, -0.1) is 0 Å². The highest BCUT2D eigenvalue weighted by atomic mass is 79.9. The van der Waals surface area contributed by atoms with Gasteiger partial charge in [0.25, 0.3) is 0 Å². The van der Waals surface area contributed by atoms with Gasteiger partial charge in [0.1, 0.15) is 0 Å². The standard InChI is InChI=1S/C11H15BrO/c1-3-4-11(13)9-6-5-8(2)10(12)7-9/h5-7,11,13H,3-4H2,1-2H3. The summed E-state index contributed by atoms with van der Waals surface area (Å²) in [5.41, 5.74) is 2.20. The molecule has 0 aliphatic heterocycles. The maximum Gasteiger partial charge on any atom is 0.0790 e. The highest BCUT2D eigenvalue weighted by Crippen LogP contribution is 2.24. The molecule has 0 radical (unpaired) electrons. The third kappa shape index (κ3) is 2.82. The predicted octanol–water partition coefficient (Wildman–Crippen LogP) is 3.59. The Morgan fingerprint density at radius 1 is 1.46 bits per heavy atom. The fourth-order valence-corrected chi connectivity index (χ4v) is 1.65. The number of aryl methyl sites for hydroxylation is 1. The molecule has 0 aliphatic carbocycles. The molecule has 0 amide bonds. The van der Waals surface area contributed by atoms with E-state index in [1.807, 2.05) is 25.1 Å². The number of aliphatic hydroxyl groups is 1. The summed E-state index contributed by atoms with van der Waals surface area (Å²) in [7, 11) is 0. The summed E-state index contributed by atoms with van der Waals surface area (Å²) in [5.74, 6) is 0. The summed E-state index contributed by atoms with van der Waals surface area (Å²) in [5, 5.41) is 9.72. The molecule has 0 bridgehead atoms. The Labute approximate surface area is 87.9 Å². The van der Waals surface area contributed by atoms with Crippen molar-refractivity contribution in [2.24, 2.45) is 0 Å². The van der Waals surface area contributed by atoms with Crippen LogP contribution < -0.4 is 0 Å². The van der Waals surface area contributed by atoms with Gasteiger partial charge in [0, 0.05) is 4.47 Å². The average molecular weight is 243 g/mol. The van der Waals surface area contributed by atoms with Crippen LogP contribution in [0.15, 0.2) is 22.7 Å². The van der Waals surface area contributed by atoms with Crippen molar-refractivity contribution >= 4 is 15.9 Å². The van der Waals surface area contributed by atoms with E-state index in [1.165, 1.54) is 5.56 Å². The summed E-state index contributed by atoms with van der Waals surface area (Å²) in [6, 6.07) is 6.01. The van der Waals surface area contributed by atoms with Crippen LogP contribution in [0.4, 0.5) is 0 Å². The molecule has 0 heterocycles. The van der Waals surface area contributed by atoms with Gasteiger partial charge in [0.15, 0.2) is 0 Å². The lowest BCUT2D eigenvalue weighted by Gasteiger charge is -2.10. The normalized spacial score (nSPS) is 12.9. The molecule has 72 valence electrons. The molecule has 1 N–H and O–H groups in total. The molecule has 0 spiro atoms. The molecule has 0 saturated carbocycles. The lowest BCUT2D eigenvalue weighted by Crippen LogP contribution is -1.96. The molecule has 1 aromatic carbocycles. The van der Waals surface area contributed by atoms with E-state index in [0.717, 1.165) is 22.9 Å². The lowest BCUT2D eigenvalue weighted by molar-refractivity contribution is 0.166. The second-order valence-corrected chi connectivity index (χ2v) is 4.17. The maximum absolute atomic E-state index is 9.72. The van der Waals surface area contributed by atoms with Crippen molar-refractivity contribution in [3.8, 4) is 0 Å². The molecule has 0 fully saturated rings. The molecule has 13 heavy (non-hydrogen) atoms. The third-order valence-corrected chi connectivity index (χ3v) is 3.00. The molecule has 0 aliphatic rings. The van der Waals surface area contributed by atoms with Gasteiger partial charge in [0.05, 0.1) is 6.10 Å². The highest BCUT2D eigenvalue weighted by Gasteiger charge is 2.06. The Hall–Kier alpha value is -0.340. The van der Waals surface area contributed by atoms with Gasteiger partial charge in [-0.2, -0.15) is 0 Å². The number of hydrogen-bond acceptors (Lipinski definition) is 1. The second kappa shape index (κ2) is 4.77. The SMILES string of the molecule is CCCC(O)c1ccc(C)c(Br)c1. The first-order valence-electron chi connectivity index (χ1n) is 4.59. The molecular formula is C11H15BrO. The molecule has 1 unspecified atom stereocenters. The van der Waals surface area contributed by atoms with Crippen molar-refractivity contribution in [1.82, 2.24) is 0 Å². The molecule has 0 saturated heterocycles. The molecule has 1 atom stereocenters. The van der Waals surface area contributed by atoms with Crippen molar-refractivity contribution in [3.05, 3.63) is 33.8 Å². The number of halogens is 1. The minimum atomic E-state index is -0.318. The van der Waals surface area contributed by atoms with Gasteiger partial charge in [0.2, 0.25) is 0 Å². The molecule has 1 nitrogen and oxygen atoms in total. The first-order chi connectivity index (χ1) is 6.15. The molecular weight excluding hydrogens is 228 g/mol. The van der Waals surface area contributed by atoms with E-state index >= 15 is 0 Å². The van der Waals surface area contributed by atoms with Gasteiger partial charge >= 0.3 is 0 Å². The lowest BCUT2D eigenvalue weighted by atomic mass is 10.0. The van der Waals surface area contributed by atoms with Crippen molar-refractivity contribution in [3.63, 3.8) is 0 Å². The summed E-state index contributed by atoms with van der Waals surface area (Å²) in [6.45, 7) is 4.12. The van der Waals surface area contributed by atoms with Crippen LogP contribution in [-0.4, -0.2) is 5.11 Å². The largest absolute Gasteiger partial charge is 0.388 e. The molecule has 2 heteroatoms. The van der Waals surface area contributed by atoms with Crippen molar-refractivity contribution in [1.29, 1.82) is 0 Å². The predicted molar refractivity (Wildman–Crippen MR) is 58.7 cm³/mol. The van der Waals surface area contributed by atoms with Crippen LogP contribution in [0.2, 0.25) is 0 Å². The summed E-state index contributed by atoms with van der Waals surface area (Å²) < 4.78 is 1.07. The topological polar surface area (TPSA) is 20.2 Å². The molecule has 0 aromatic heterocycles. The van der Waals surface area contributed by atoms with Crippen molar-refractivity contribution in [2.45, 2.75) is 32.8 Å². The van der Waals surface area contributed by atoms with Crippen LogP contribution in [0.1, 0.15) is 37.0 Å². The van der Waals surface area contributed by atoms with Crippen LogP contribution in [0.25, 0.3) is 0 Å². The smallest absolute Gasteiger partial charge is 0.0790 e. The number of aliphatic hydroxyl groups excluding tert-OH is 1. The van der Waals surface area contributed by atoms with Gasteiger partial charge in [-0.25, -0.2) is 0 Å². The Balaban J connectivity index is 2.84. The fourth-order valence-electron chi connectivity index (χ4n) is 1.26. The van der Waals surface area contributed by atoms with E-state index in [9.17, 15) is 5.11 Å². The number of rotatable bonds is 3. The fraction of sp³-hybridized carbons (Fsp3) is 0.455. The van der Waals surface area contributed by atoms with E-state index in [-0.39, 0.29) is 6.10 Å². The highest BCUT2D eigenvalue weighted by molar-refractivity contribution is 9.10. The van der Waals surface area contributed by atoms with E-state index in [4.69, 9.17) is 0 Å². The first-order valence-corrected chi connectivity index (χ1v) is 5.38. The zero-order valence-corrected chi connectivity index (χ0v) is 9.63. The summed E-state index contributed by atoms with van der Waals surface area (Å²) in [6.07, 6.45) is 1.52. The minimum absolute atomic E-state index is 0.318. The Kier molecular flexibility index (Phi) is 3.94. The van der Waals surface area contributed by atoms with E-state index < -0.39 is 0 Å². The van der Waals surface area contributed by atoms with Gasteiger partial charge in [-0.3, -0.25) is 0 Å². The van der Waals surface area contributed by atoms with Gasteiger partial charge in [-0.1, -0.05) is 41.4 Å². The van der Waals surface area contributed by atoms with Gasteiger partial charge < -0.3 is 5.11 Å². The zero-order valence-electron chi connectivity index (χ0n) is 8.05. The third-order valence-electron chi connectivity index (χ3n) is 2.14. The number of benzene rings is 1. The maximum atomic E-state index is 9.72. The minimum Gasteiger partial charge on any atom is -0.388 e. The Morgan fingerprint density at radius 3 is 2.69 bits per heavy atom. The zero-order chi connectivity index (χ0) is 9.84. The van der Waals surface area contributed by atoms with Crippen molar-refractivity contribution in [2.75, 3.05) is 0 Å². The van der Waals surface area contributed by atoms with Crippen molar-refractivity contribution < 1.29 is 5.11 Å². The summed E-state index contributed by atoms with van der Waals surface area (Å²) in [4.78, 5) is 0. The quantitative estimate of drug-likeness (QED) is 0.860. The monoisotopic (exact) mass is 242 g/mol. The van der Waals surface area contributed by atoms with Crippen LogP contribution in [0.3, 0.4) is 0 Å². The van der Waals surface area contributed by atoms with Crippen LogP contribution in [0.5, 0.6) is 0 Å².